The Hall–Kier alpha value is -0.770. The Morgan fingerprint density at radius 2 is 1.57 bits per heavy atom. The van der Waals surface area contributed by atoms with Crippen LogP contribution in [0.3, 0.4) is 0 Å². The van der Waals surface area contributed by atoms with Gasteiger partial charge in [-0.2, -0.15) is 0 Å². The number of nitrogens with one attached hydrogen (secondary N) is 3. The number of amides is 1. The van der Waals surface area contributed by atoms with E-state index in [1.54, 1.807) is 0 Å². The predicted molar refractivity (Wildman–Crippen MR) is 169 cm³/mol. The molecule has 0 aromatic rings. The van der Waals surface area contributed by atoms with E-state index in [0.29, 0.717) is 42.6 Å². The molecule has 8 nitrogen and oxygen atoms in total. The second-order valence-electron chi connectivity index (χ2n) is 15.1. The van der Waals surface area contributed by atoms with Crippen molar-refractivity contribution in [2.75, 3.05) is 39.3 Å². The van der Waals surface area contributed by atoms with E-state index in [1.807, 2.05) is 0 Å². The van der Waals surface area contributed by atoms with E-state index in [2.05, 4.69) is 36.7 Å². The lowest BCUT2D eigenvalue weighted by Crippen LogP contribution is -2.62. The van der Waals surface area contributed by atoms with Crippen molar-refractivity contribution < 1.29 is 20.1 Å². The number of aliphatic hydroxyl groups excluding tert-OH is 3. The molecular weight excluding hydrogens is 528 g/mol. The van der Waals surface area contributed by atoms with Gasteiger partial charge in [0.1, 0.15) is 0 Å². The summed E-state index contributed by atoms with van der Waals surface area (Å²) in [7, 11) is 0. The lowest BCUT2D eigenvalue weighted by atomic mass is 9.43. The highest BCUT2D eigenvalue weighted by molar-refractivity contribution is 5.75. The molecule has 8 N–H and O–H groups in total. The van der Waals surface area contributed by atoms with Gasteiger partial charge in [0.15, 0.2) is 0 Å². The van der Waals surface area contributed by atoms with Crippen molar-refractivity contribution in [3.8, 4) is 0 Å². The van der Waals surface area contributed by atoms with Crippen molar-refractivity contribution in [2.45, 2.75) is 123 Å². The van der Waals surface area contributed by atoms with Crippen LogP contribution in [-0.2, 0) is 4.79 Å². The third-order valence-corrected chi connectivity index (χ3v) is 12.7. The van der Waals surface area contributed by atoms with E-state index in [9.17, 15) is 20.1 Å². The van der Waals surface area contributed by atoms with E-state index in [1.165, 1.54) is 0 Å². The first-order valence-corrected chi connectivity index (χ1v) is 17.5. The minimum Gasteiger partial charge on any atom is -0.393 e. The van der Waals surface area contributed by atoms with E-state index in [4.69, 9.17) is 5.73 Å². The fourth-order valence-electron chi connectivity index (χ4n) is 10.2. The van der Waals surface area contributed by atoms with Crippen molar-refractivity contribution in [1.82, 2.24) is 16.0 Å². The molecule has 4 aliphatic carbocycles. The topological polar surface area (TPSA) is 140 Å². The van der Waals surface area contributed by atoms with Crippen LogP contribution in [0.15, 0.2) is 0 Å². The summed E-state index contributed by atoms with van der Waals surface area (Å²) in [5.74, 6) is 2.10. The molecule has 42 heavy (non-hydrogen) atoms. The second kappa shape index (κ2) is 15.5. The maximum atomic E-state index is 12.6. The maximum Gasteiger partial charge on any atom is 0.220 e. The first kappa shape index (κ1) is 34.1. The third-order valence-electron chi connectivity index (χ3n) is 12.7. The quantitative estimate of drug-likeness (QED) is 0.137. The van der Waals surface area contributed by atoms with E-state index < -0.39 is 0 Å². The van der Waals surface area contributed by atoms with Crippen LogP contribution in [0.25, 0.3) is 0 Å². The molecule has 4 rings (SSSR count). The molecule has 0 heterocycles. The molecule has 0 aromatic heterocycles. The summed E-state index contributed by atoms with van der Waals surface area (Å²) in [6.45, 7) is 12.4. The minimum absolute atomic E-state index is 0.102. The summed E-state index contributed by atoms with van der Waals surface area (Å²) in [4.78, 5) is 12.6. The van der Waals surface area contributed by atoms with Gasteiger partial charge in [-0.25, -0.2) is 0 Å². The molecule has 0 aliphatic heterocycles. The van der Waals surface area contributed by atoms with Gasteiger partial charge in [-0.05, 0) is 156 Å². The molecule has 0 bridgehead atoms. The van der Waals surface area contributed by atoms with Crippen LogP contribution in [-0.4, -0.2) is 78.8 Å². The summed E-state index contributed by atoms with van der Waals surface area (Å²) in [5, 5.41) is 43.6. The Morgan fingerprint density at radius 1 is 0.881 bits per heavy atom. The normalized spacial score (nSPS) is 40.2. The molecule has 4 fully saturated rings. The SMILES string of the molecule is CC(CCC(=O)NCCCNCCCCNCCCN)[C@H]1CCC2C3C(O)C[C@@H]4C[C@H](O)CC[C@]4(C)C3C[C@H](O)[C@@]21C. The van der Waals surface area contributed by atoms with Gasteiger partial charge in [0.2, 0.25) is 5.91 Å². The number of hydrogen-bond donors (Lipinski definition) is 7. The predicted octanol–water partition coefficient (Wildman–Crippen LogP) is 3.18. The Morgan fingerprint density at radius 3 is 2.29 bits per heavy atom. The number of fused-ring (bicyclic) bond motifs is 5. The first-order valence-electron chi connectivity index (χ1n) is 17.5. The van der Waals surface area contributed by atoms with Crippen LogP contribution in [0.2, 0.25) is 0 Å². The van der Waals surface area contributed by atoms with Crippen molar-refractivity contribution in [2.24, 2.45) is 52.1 Å². The van der Waals surface area contributed by atoms with Crippen LogP contribution < -0.4 is 21.7 Å². The molecule has 11 atom stereocenters. The molecule has 1 amide bonds. The van der Waals surface area contributed by atoms with Gasteiger partial charge in [-0.15, -0.1) is 0 Å². The number of carbonyl (C=O) groups excluding carboxylic acids is 1. The number of hydrogen-bond acceptors (Lipinski definition) is 7. The zero-order chi connectivity index (χ0) is 30.3. The summed E-state index contributed by atoms with van der Waals surface area (Å²) in [6.07, 6.45) is 11.0. The van der Waals surface area contributed by atoms with Crippen LogP contribution in [0, 0.1) is 46.3 Å². The fraction of sp³-hybridized carbons (Fsp3) is 0.971. The zero-order valence-corrected chi connectivity index (χ0v) is 27.0. The summed E-state index contributed by atoms with van der Waals surface area (Å²) in [6, 6.07) is 0. The smallest absolute Gasteiger partial charge is 0.220 e. The molecule has 0 spiro atoms. The zero-order valence-electron chi connectivity index (χ0n) is 27.0. The molecule has 8 heteroatoms. The lowest BCUT2D eigenvalue weighted by Gasteiger charge is -2.63. The standard InChI is InChI=1S/C34H64N4O4/c1-23(8-11-31(42)38-19-7-18-37-16-5-4-15-36-17-6-14-35)26-9-10-27-32-28(22-30(41)34(26,27)3)33(2)13-12-25(39)20-24(33)21-29(32)40/h23-30,32,36-37,39-41H,4-22,35H2,1-3H3,(H,38,42)/t23?,24-,25+,26+,27?,28?,29?,30-,32?,33-,34+/m0/s1. The average molecular weight is 593 g/mol. The van der Waals surface area contributed by atoms with Crippen LogP contribution >= 0.6 is 0 Å². The molecule has 0 aromatic carbocycles. The Bertz CT molecular complexity index is 846. The van der Waals surface area contributed by atoms with Crippen LogP contribution in [0.4, 0.5) is 0 Å². The highest BCUT2D eigenvalue weighted by Crippen LogP contribution is 2.68. The van der Waals surface area contributed by atoms with Crippen LogP contribution in [0.1, 0.15) is 104 Å². The minimum atomic E-state index is -0.373. The third kappa shape index (κ3) is 7.54. The van der Waals surface area contributed by atoms with E-state index in [-0.39, 0.29) is 41.0 Å². The highest BCUT2D eigenvalue weighted by atomic mass is 16.3. The molecule has 4 saturated carbocycles. The monoisotopic (exact) mass is 592 g/mol. The second-order valence-corrected chi connectivity index (χ2v) is 15.1. The van der Waals surface area contributed by atoms with E-state index >= 15 is 0 Å². The largest absolute Gasteiger partial charge is 0.393 e. The Labute approximate surface area is 255 Å². The summed E-state index contributed by atoms with van der Waals surface area (Å²) < 4.78 is 0. The Balaban J connectivity index is 1.18. The van der Waals surface area contributed by atoms with Crippen molar-refractivity contribution in [3.05, 3.63) is 0 Å². The molecule has 4 aliphatic rings. The lowest BCUT2D eigenvalue weighted by molar-refractivity contribution is -0.207. The maximum absolute atomic E-state index is 12.6. The van der Waals surface area contributed by atoms with E-state index in [0.717, 1.165) is 110 Å². The van der Waals surface area contributed by atoms with Crippen molar-refractivity contribution in [1.29, 1.82) is 0 Å². The van der Waals surface area contributed by atoms with Gasteiger partial charge < -0.3 is 37.0 Å². The molecule has 5 unspecified atom stereocenters. The van der Waals surface area contributed by atoms with Crippen molar-refractivity contribution in [3.63, 3.8) is 0 Å². The number of carbonyl (C=O) groups is 1. The fourth-order valence-corrected chi connectivity index (χ4v) is 10.2. The van der Waals surface area contributed by atoms with Gasteiger partial charge >= 0.3 is 0 Å². The Kier molecular flexibility index (Phi) is 12.6. The summed E-state index contributed by atoms with van der Waals surface area (Å²) >= 11 is 0. The van der Waals surface area contributed by atoms with Crippen molar-refractivity contribution >= 4 is 5.91 Å². The average Bonchev–Trinajstić information content (AvgIpc) is 3.32. The molecular formula is C34H64N4O4. The molecule has 0 saturated heterocycles. The number of unbranched alkanes of at least 4 members (excludes halogenated alkanes) is 1. The van der Waals surface area contributed by atoms with Gasteiger partial charge in [0.05, 0.1) is 18.3 Å². The highest BCUT2D eigenvalue weighted by Gasteiger charge is 2.65. The molecule has 244 valence electrons. The first-order chi connectivity index (χ1) is 20.1. The van der Waals surface area contributed by atoms with Gasteiger partial charge in [0.25, 0.3) is 0 Å². The van der Waals surface area contributed by atoms with Gasteiger partial charge in [0, 0.05) is 13.0 Å². The number of nitrogens with two attached hydrogens (primary N) is 1. The van der Waals surface area contributed by atoms with Crippen LogP contribution in [0.5, 0.6) is 0 Å². The van der Waals surface area contributed by atoms with Gasteiger partial charge in [-0.3, -0.25) is 4.79 Å². The summed E-state index contributed by atoms with van der Waals surface area (Å²) in [5.41, 5.74) is 5.40. The molecule has 0 radical (unpaired) electrons. The van der Waals surface area contributed by atoms with Gasteiger partial charge in [-0.1, -0.05) is 20.8 Å². The number of aliphatic hydroxyl groups is 3. The number of rotatable bonds is 16.